The maximum Gasteiger partial charge on any atom is 0.328 e. The molecule has 0 aliphatic carbocycles. The van der Waals surface area contributed by atoms with Gasteiger partial charge in [0.1, 0.15) is 12.1 Å². The van der Waals surface area contributed by atoms with E-state index in [1.165, 1.54) is 4.90 Å². The van der Waals surface area contributed by atoms with Gasteiger partial charge in [0, 0.05) is 31.8 Å². The average Bonchev–Trinajstić information content (AvgIpc) is 3.23. The van der Waals surface area contributed by atoms with Crippen LogP contribution in [0.15, 0.2) is 30.3 Å². The lowest BCUT2D eigenvalue weighted by molar-refractivity contribution is -0.134. The number of ether oxygens (including phenoxy) is 1. The number of amides is 4. The zero-order valence-corrected chi connectivity index (χ0v) is 14.3. The topological polar surface area (TPSA) is 70.2 Å². The van der Waals surface area contributed by atoms with Gasteiger partial charge in [-0.1, -0.05) is 18.2 Å². The third kappa shape index (κ3) is 2.33. The predicted octanol–water partition coefficient (Wildman–Crippen LogP) is 1.23. The third-order valence-electron chi connectivity index (χ3n) is 5.44. The molecule has 0 saturated carbocycles. The van der Waals surface area contributed by atoms with Gasteiger partial charge >= 0.3 is 6.03 Å². The number of para-hydroxylation sites is 1. The van der Waals surface area contributed by atoms with Crippen LogP contribution in [0.2, 0.25) is 0 Å². The SMILES string of the molecule is CO[C@@H]1C[C@@H]2C(=O)N([C@@H]3C[C@H](C)N(c4ccccc4)C3=O)C(=O)N2C1. The fourth-order valence-corrected chi connectivity index (χ4v) is 4.19. The molecule has 1 aromatic carbocycles. The summed E-state index contributed by atoms with van der Waals surface area (Å²) in [6.07, 6.45) is 0.842. The van der Waals surface area contributed by atoms with Gasteiger partial charge in [-0.3, -0.25) is 9.59 Å². The van der Waals surface area contributed by atoms with E-state index in [-0.39, 0.29) is 30.0 Å². The number of methoxy groups -OCH3 is 1. The van der Waals surface area contributed by atoms with Crippen molar-refractivity contribution in [3.8, 4) is 0 Å². The molecule has 3 aliphatic heterocycles. The summed E-state index contributed by atoms with van der Waals surface area (Å²) in [5, 5.41) is 0. The Hall–Kier alpha value is -2.41. The van der Waals surface area contributed by atoms with Gasteiger partial charge in [0.15, 0.2) is 0 Å². The number of imide groups is 1. The summed E-state index contributed by atoms with van der Waals surface area (Å²) in [4.78, 5) is 42.9. The highest BCUT2D eigenvalue weighted by molar-refractivity contribution is 6.11. The molecule has 0 spiro atoms. The number of fused-ring (bicyclic) bond motifs is 1. The first-order chi connectivity index (χ1) is 12.0. The standard InChI is InChI=1S/C18H21N3O4/c1-11-8-15(17(23)20(11)12-6-4-3-5-7-12)21-16(22)14-9-13(25-2)10-19(14)18(21)24/h3-7,11,13-15H,8-10H2,1-2H3/t11-,13+,14+,15+/m0/s1. The lowest BCUT2D eigenvalue weighted by Crippen LogP contribution is -2.47. The first-order valence-electron chi connectivity index (χ1n) is 8.57. The second kappa shape index (κ2) is 5.84. The molecule has 3 saturated heterocycles. The summed E-state index contributed by atoms with van der Waals surface area (Å²) in [7, 11) is 1.58. The van der Waals surface area contributed by atoms with Crippen LogP contribution in [0, 0.1) is 0 Å². The van der Waals surface area contributed by atoms with Crippen LogP contribution in [0.25, 0.3) is 0 Å². The van der Waals surface area contributed by atoms with Crippen molar-refractivity contribution in [1.29, 1.82) is 0 Å². The molecule has 3 aliphatic rings. The highest BCUT2D eigenvalue weighted by Crippen LogP contribution is 2.35. The number of hydrogen-bond acceptors (Lipinski definition) is 4. The number of benzene rings is 1. The largest absolute Gasteiger partial charge is 0.380 e. The fraction of sp³-hybridized carbons (Fsp3) is 0.500. The normalized spacial score (nSPS) is 32.1. The van der Waals surface area contributed by atoms with Gasteiger partial charge in [-0.25, -0.2) is 9.69 Å². The van der Waals surface area contributed by atoms with Gasteiger partial charge in [-0.05, 0) is 25.5 Å². The summed E-state index contributed by atoms with van der Waals surface area (Å²) in [6.45, 7) is 2.35. The number of rotatable bonds is 3. The van der Waals surface area contributed by atoms with Crippen molar-refractivity contribution in [2.24, 2.45) is 0 Å². The Bertz CT molecular complexity index is 698. The first kappa shape index (κ1) is 16.1. The fourth-order valence-electron chi connectivity index (χ4n) is 4.19. The van der Waals surface area contributed by atoms with E-state index >= 15 is 0 Å². The van der Waals surface area contributed by atoms with Crippen LogP contribution >= 0.6 is 0 Å². The molecule has 0 aromatic heterocycles. The second-order valence-corrected chi connectivity index (χ2v) is 6.90. The van der Waals surface area contributed by atoms with Gasteiger partial charge in [-0.2, -0.15) is 0 Å². The van der Waals surface area contributed by atoms with Gasteiger partial charge in [0.2, 0.25) is 0 Å². The maximum absolute atomic E-state index is 13.0. The molecule has 7 heteroatoms. The molecule has 0 bridgehead atoms. The Morgan fingerprint density at radius 1 is 0.960 bits per heavy atom. The predicted molar refractivity (Wildman–Crippen MR) is 89.9 cm³/mol. The van der Waals surface area contributed by atoms with Gasteiger partial charge < -0.3 is 14.5 Å². The number of carbonyl (C=O) groups is 3. The van der Waals surface area contributed by atoms with E-state index in [1.54, 1.807) is 16.9 Å². The van der Waals surface area contributed by atoms with Gasteiger partial charge in [0.05, 0.1) is 6.10 Å². The second-order valence-electron chi connectivity index (χ2n) is 6.90. The molecule has 4 rings (SSSR count). The van der Waals surface area contributed by atoms with E-state index in [0.717, 1.165) is 5.69 Å². The van der Waals surface area contributed by atoms with Crippen LogP contribution in [-0.2, 0) is 14.3 Å². The molecular weight excluding hydrogens is 322 g/mol. The molecule has 132 valence electrons. The minimum absolute atomic E-state index is 0.0670. The monoisotopic (exact) mass is 343 g/mol. The molecule has 3 fully saturated rings. The third-order valence-corrected chi connectivity index (χ3v) is 5.44. The van der Waals surface area contributed by atoms with E-state index in [2.05, 4.69) is 0 Å². The van der Waals surface area contributed by atoms with Crippen molar-refractivity contribution in [3.63, 3.8) is 0 Å². The van der Waals surface area contributed by atoms with Crippen molar-refractivity contribution in [3.05, 3.63) is 30.3 Å². The van der Waals surface area contributed by atoms with E-state index in [1.807, 2.05) is 37.3 Å². The quantitative estimate of drug-likeness (QED) is 0.774. The van der Waals surface area contributed by atoms with Crippen molar-refractivity contribution in [2.75, 3.05) is 18.6 Å². The molecule has 1 aromatic rings. The summed E-state index contributed by atoms with van der Waals surface area (Å²) < 4.78 is 5.28. The Labute approximate surface area is 146 Å². The lowest BCUT2D eigenvalue weighted by Gasteiger charge is -2.23. The summed E-state index contributed by atoms with van der Waals surface area (Å²) in [5.74, 6) is -0.463. The molecular formula is C18H21N3O4. The Morgan fingerprint density at radius 3 is 2.28 bits per heavy atom. The number of nitrogens with zero attached hydrogens (tertiary/aromatic N) is 3. The smallest absolute Gasteiger partial charge is 0.328 e. The maximum atomic E-state index is 13.0. The van der Waals surface area contributed by atoms with Crippen molar-refractivity contribution < 1.29 is 19.1 Å². The molecule has 7 nitrogen and oxygen atoms in total. The van der Waals surface area contributed by atoms with E-state index in [9.17, 15) is 14.4 Å². The van der Waals surface area contributed by atoms with Crippen LogP contribution in [-0.4, -0.2) is 65.5 Å². The zero-order valence-electron chi connectivity index (χ0n) is 14.3. The van der Waals surface area contributed by atoms with Crippen molar-refractivity contribution >= 4 is 23.5 Å². The molecule has 4 atom stereocenters. The minimum atomic E-state index is -0.721. The highest BCUT2D eigenvalue weighted by Gasteiger charge is 2.56. The molecule has 0 unspecified atom stereocenters. The van der Waals surface area contributed by atoms with Crippen LogP contribution in [0.1, 0.15) is 19.8 Å². The molecule has 4 amide bonds. The van der Waals surface area contributed by atoms with Crippen LogP contribution in [0.3, 0.4) is 0 Å². The lowest BCUT2D eigenvalue weighted by atomic mass is 10.1. The van der Waals surface area contributed by atoms with E-state index in [4.69, 9.17) is 4.74 Å². The number of anilines is 1. The Balaban J connectivity index is 1.58. The molecule has 3 heterocycles. The zero-order chi connectivity index (χ0) is 17.7. The van der Waals surface area contributed by atoms with Gasteiger partial charge in [0.25, 0.3) is 11.8 Å². The van der Waals surface area contributed by atoms with Crippen LogP contribution < -0.4 is 4.90 Å². The van der Waals surface area contributed by atoms with Crippen molar-refractivity contribution in [2.45, 2.75) is 44.0 Å². The number of urea groups is 1. The average molecular weight is 343 g/mol. The summed E-state index contributed by atoms with van der Waals surface area (Å²) in [5.41, 5.74) is 0.793. The minimum Gasteiger partial charge on any atom is -0.380 e. The Kier molecular flexibility index (Phi) is 3.76. The number of carbonyl (C=O) groups excluding carboxylic acids is 3. The molecule has 0 N–H and O–H groups in total. The van der Waals surface area contributed by atoms with Gasteiger partial charge in [-0.15, -0.1) is 0 Å². The van der Waals surface area contributed by atoms with Crippen LogP contribution in [0.5, 0.6) is 0 Å². The molecule has 25 heavy (non-hydrogen) atoms. The highest BCUT2D eigenvalue weighted by atomic mass is 16.5. The van der Waals surface area contributed by atoms with Crippen LogP contribution in [0.4, 0.5) is 10.5 Å². The number of hydrogen-bond donors (Lipinski definition) is 0. The van der Waals surface area contributed by atoms with E-state index < -0.39 is 12.1 Å². The van der Waals surface area contributed by atoms with E-state index in [0.29, 0.717) is 19.4 Å². The first-order valence-corrected chi connectivity index (χ1v) is 8.57. The summed E-state index contributed by atoms with van der Waals surface area (Å²) >= 11 is 0. The molecule has 0 radical (unpaired) electrons. The summed E-state index contributed by atoms with van der Waals surface area (Å²) in [6, 6.07) is 7.72. The Morgan fingerprint density at radius 2 is 1.64 bits per heavy atom. The van der Waals surface area contributed by atoms with Crippen molar-refractivity contribution in [1.82, 2.24) is 9.80 Å².